The first kappa shape index (κ1) is 15.5. The number of pyridine rings is 1. The maximum atomic E-state index is 12.3. The summed E-state index contributed by atoms with van der Waals surface area (Å²) in [4.78, 5) is 29.6. The molecule has 0 saturated carbocycles. The van der Waals surface area contributed by atoms with E-state index in [0.29, 0.717) is 5.69 Å². The monoisotopic (exact) mass is 311 g/mol. The van der Waals surface area contributed by atoms with Crippen molar-refractivity contribution in [3.63, 3.8) is 0 Å². The Bertz CT molecular complexity index is 739. The lowest BCUT2D eigenvalue weighted by molar-refractivity contribution is 0.0911. The van der Waals surface area contributed by atoms with Crippen molar-refractivity contribution in [3.8, 4) is 11.3 Å². The number of carbonyl (C=O) groups is 1. The Kier molecular flexibility index (Phi) is 4.57. The number of carbonyl (C=O) groups excluding carboxylic acids is 1. The zero-order valence-electron chi connectivity index (χ0n) is 13.2. The van der Waals surface area contributed by atoms with E-state index < -0.39 is 0 Å². The summed E-state index contributed by atoms with van der Waals surface area (Å²) in [7, 11) is 2.04. The number of rotatable bonds is 3. The molecule has 2 N–H and O–H groups in total. The van der Waals surface area contributed by atoms with Gasteiger partial charge in [0.2, 0.25) is 0 Å². The van der Waals surface area contributed by atoms with Crippen molar-refractivity contribution in [2.75, 3.05) is 20.1 Å². The average Bonchev–Trinajstić information content (AvgIpc) is 2.55. The molecular formula is C18H21N3O2. The van der Waals surface area contributed by atoms with E-state index in [2.05, 4.69) is 15.2 Å². The van der Waals surface area contributed by atoms with Crippen molar-refractivity contribution in [1.82, 2.24) is 15.2 Å². The van der Waals surface area contributed by atoms with Gasteiger partial charge in [-0.1, -0.05) is 30.3 Å². The quantitative estimate of drug-likeness (QED) is 0.909. The van der Waals surface area contributed by atoms with Crippen molar-refractivity contribution in [3.05, 3.63) is 58.4 Å². The normalized spacial score (nSPS) is 18.6. The summed E-state index contributed by atoms with van der Waals surface area (Å²) < 4.78 is 0. The van der Waals surface area contributed by atoms with E-state index in [0.717, 1.165) is 31.5 Å². The van der Waals surface area contributed by atoms with Crippen LogP contribution in [0.25, 0.3) is 11.3 Å². The van der Waals surface area contributed by atoms with Gasteiger partial charge in [0.05, 0.1) is 0 Å². The van der Waals surface area contributed by atoms with Gasteiger partial charge in [0.1, 0.15) is 5.56 Å². The Hall–Kier alpha value is -2.40. The fourth-order valence-corrected chi connectivity index (χ4v) is 2.99. The van der Waals surface area contributed by atoms with Crippen LogP contribution in [0.2, 0.25) is 0 Å². The standard InChI is InChI=1S/C18H21N3O2/c1-21-11-5-8-14(12-21)19-17(22)15-9-10-16(20-18(15)23)13-6-3-2-4-7-13/h2-4,6-7,9-10,14H,5,8,11-12H2,1H3,(H,19,22)(H,20,23)/t14-/m1/s1. The number of nitrogens with one attached hydrogen (secondary N) is 2. The lowest BCUT2D eigenvalue weighted by Gasteiger charge is -2.30. The molecular weight excluding hydrogens is 290 g/mol. The number of aromatic amines is 1. The molecule has 1 aliphatic rings. The van der Waals surface area contributed by atoms with E-state index in [1.807, 2.05) is 37.4 Å². The van der Waals surface area contributed by atoms with Crippen LogP contribution < -0.4 is 10.9 Å². The fraction of sp³-hybridized carbons (Fsp3) is 0.333. The SMILES string of the molecule is CN1CCC[C@@H](NC(=O)c2ccc(-c3ccccc3)[nH]c2=O)C1. The number of piperidine rings is 1. The molecule has 0 bridgehead atoms. The summed E-state index contributed by atoms with van der Waals surface area (Å²) in [6.07, 6.45) is 2.01. The predicted molar refractivity (Wildman–Crippen MR) is 90.5 cm³/mol. The topological polar surface area (TPSA) is 65.2 Å². The predicted octanol–water partition coefficient (Wildman–Crippen LogP) is 1.87. The van der Waals surface area contributed by atoms with Crippen LogP contribution >= 0.6 is 0 Å². The van der Waals surface area contributed by atoms with Crippen molar-refractivity contribution in [1.29, 1.82) is 0 Å². The molecule has 0 spiro atoms. The molecule has 0 aliphatic carbocycles. The molecule has 1 atom stereocenters. The second-order valence-corrected chi connectivity index (χ2v) is 6.06. The lowest BCUT2D eigenvalue weighted by atomic mass is 10.1. The highest BCUT2D eigenvalue weighted by Crippen LogP contribution is 2.15. The number of nitrogens with zero attached hydrogens (tertiary/aromatic N) is 1. The van der Waals surface area contributed by atoms with Gasteiger partial charge >= 0.3 is 0 Å². The molecule has 1 aromatic heterocycles. The Morgan fingerprint density at radius 2 is 2.00 bits per heavy atom. The summed E-state index contributed by atoms with van der Waals surface area (Å²) in [5, 5.41) is 2.97. The average molecular weight is 311 g/mol. The lowest BCUT2D eigenvalue weighted by Crippen LogP contribution is -2.47. The zero-order valence-corrected chi connectivity index (χ0v) is 13.2. The van der Waals surface area contributed by atoms with Crippen LogP contribution in [0.3, 0.4) is 0 Å². The highest BCUT2D eigenvalue weighted by Gasteiger charge is 2.20. The van der Waals surface area contributed by atoms with Crippen LogP contribution in [-0.4, -0.2) is 42.0 Å². The van der Waals surface area contributed by atoms with E-state index in [-0.39, 0.29) is 23.1 Å². The minimum absolute atomic E-state index is 0.106. The fourth-order valence-electron chi connectivity index (χ4n) is 2.99. The third-order valence-electron chi connectivity index (χ3n) is 4.20. The summed E-state index contributed by atoms with van der Waals surface area (Å²) in [5.74, 6) is -0.300. The minimum atomic E-state index is -0.354. The van der Waals surface area contributed by atoms with Gasteiger partial charge in [0, 0.05) is 18.3 Å². The molecule has 120 valence electrons. The number of hydrogen-bond acceptors (Lipinski definition) is 3. The Labute approximate surface area is 135 Å². The number of H-pyrrole nitrogens is 1. The molecule has 23 heavy (non-hydrogen) atoms. The second-order valence-electron chi connectivity index (χ2n) is 6.06. The summed E-state index contributed by atoms with van der Waals surface area (Å²) in [5.41, 5.74) is 1.45. The van der Waals surface area contributed by atoms with Crippen molar-refractivity contribution in [2.24, 2.45) is 0 Å². The van der Waals surface area contributed by atoms with Gasteiger partial charge in [-0.2, -0.15) is 0 Å². The van der Waals surface area contributed by atoms with Crippen LogP contribution in [0.5, 0.6) is 0 Å². The van der Waals surface area contributed by atoms with E-state index >= 15 is 0 Å². The highest BCUT2D eigenvalue weighted by atomic mass is 16.2. The van der Waals surface area contributed by atoms with Crippen LogP contribution in [0.1, 0.15) is 23.2 Å². The van der Waals surface area contributed by atoms with Gasteiger partial charge in [0.15, 0.2) is 0 Å². The zero-order chi connectivity index (χ0) is 16.2. The molecule has 1 fully saturated rings. The first-order valence-electron chi connectivity index (χ1n) is 7.91. The summed E-state index contributed by atoms with van der Waals surface area (Å²) >= 11 is 0. The Balaban J connectivity index is 1.75. The van der Waals surface area contributed by atoms with Crippen molar-refractivity contribution < 1.29 is 4.79 Å². The maximum Gasteiger partial charge on any atom is 0.261 e. The molecule has 1 aromatic carbocycles. The van der Waals surface area contributed by atoms with Gasteiger partial charge in [-0.3, -0.25) is 9.59 Å². The molecule has 5 nitrogen and oxygen atoms in total. The summed E-state index contributed by atoms with van der Waals surface area (Å²) in [6.45, 7) is 1.88. The van der Waals surface area contributed by atoms with Crippen molar-refractivity contribution in [2.45, 2.75) is 18.9 Å². The smallest absolute Gasteiger partial charge is 0.261 e. The number of amides is 1. The van der Waals surface area contributed by atoms with Gasteiger partial charge in [0.25, 0.3) is 11.5 Å². The number of likely N-dealkylation sites (N-methyl/N-ethyl adjacent to an activating group) is 1. The van der Waals surface area contributed by atoms with Crippen LogP contribution in [0.4, 0.5) is 0 Å². The number of likely N-dealkylation sites (tertiary alicyclic amines) is 1. The van der Waals surface area contributed by atoms with E-state index in [1.165, 1.54) is 0 Å². The molecule has 1 saturated heterocycles. The van der Waals surface area contributed by atoms with Crippen LogP contribution in [0, 0.1) is 0 Å². The van der Waals surface area contributed by atoms with Gasteiger partial charge < -0.3 is 15.2 Å². The van der Waals surface area contributed by atoms with Gasteiger partial charge in [-0.25, -0.2) is 0 Å². The molecule has 2 aromatic rings. The van der Waals surface area contributed by atoms with Crippen molar-refractivity contribution >= 4 is 5.91 Å². The third-order valence-corrected chi connectivity index (χ3v) is 4.20. The molecule has 0 radical (unpaired) electrons. The molecule has 2 heterocycles. The van der Waals surface area contributed by atoms with Gasteiger partial charge in [-0.15, -0.1) is 0 Å². The number of benzene rings is 1. The molecule has 0 unspecified atom stereocenters. The first-order chi connectivity index (χ1) is 11.1. The second kappa shape index (κ2) is 6.79. The number of hydrogen-bond donors (Lipinski definition) is 2. The highest BCUT2D eigenvalue weighted by molar-refractivity contribution is 5.94. The van der Waals surface area contributed by atoms with E-state index in [4.69, 9.17) is 0 Å². The molecule has 1 aliphatic heterocycles. The number of aromatic nitrogens is 1. The molecule has 5 heteroatoms. The largest absolute Gasteiger partial charge is 0.348 e. The summed E-state index contributed by atoms with van der Waals surface area (Å²) in [6, 6.07) is 13.1. The Morgan fingerprint density at radius 1 is 1.22 bits per heavy atom. The molecule has 3 rings (SSSR count). The van der Waals surface area contributed by atoms with E-state index in [1.54, 1.807) is 12.1 Å². The third kappa shape index (κ3) is 3.68. The first-order valence-corrected chi connectivity index (χ1v) is 7.91. The van der Waals surface area contributed by atoms with Crippen LogP contribution in [-0.2, 0) is 0 Å². The Morgan fingerprint density at radius 3 is 2.70 bits per heavy atom. The minimum Gasteiger partial charge on any atom is -0.348 e. The maximum absolute atomic E-state index is 12.3. The van der Waals surface area contributed by atoms with E-state index in [9.17, 15) is 9.59 Å². The van der Waals surface area contributed by atoms with Crippen LogP contribution in [0.15, 0.2) is 47.3 Å². The molecule has 1 amide bonds. The van der Waals surface area contributed by atoms with Gasteiger partial charge in [-0.05, 0) is 44.1 Å².